The maximum absolute atomic E-state index is 10.7. The molecule has 2 aromatic heterocycles. The van der Waals surface area contributed by atoms with Gasteiger partial charge in [-0.05, 0) is 0 Å². The zero-order valence-electron chi connectivity index (χ0n) is 6.91. The number of hydrogen-bond donors (Lipinski definition) is 1. The van der Waals surface area contributed by atoms with Crippen LogP contribution in [0, 0.1) is 0 Å². The van der Waals surface area contributed by atoms with Gasteiger partial charge in [-0.2, -0.15) is 0 Å². The quantitative estimate of drug-likeness (QED) is 0.687. The summed E-state index contributed by atoms with van der Waals surface area (Å²) in [4.78, 5) is 28.6. The van der Waals surface area contributed by atoms with Crippen LogP contribution < -0.4 is 0 Å². The third-order valence-corrected chi connectivity index (χ3v) is 1.72. The molecule has 0 atom stereocenters. The van der Waals surface area contributed by atoms with Crippen molar-refractivity contribution in [2.75, 3.05) is 0 Å². The number of aldehydes is 1. The highest BCUT2D eigenvalue weighted by Gasteiger charge is 2.12. The molecule has 0 saturated heterocycles. The second kappa shape index (κ2) is 2.91. The average Bonchev–Trinajstić information content (AvgIpc) is 2.59. The summed E-state index contributed by atoms with van der Waals surface area (Å²) in [6.07, 6.45) is 4.86. The van der Waals surface area contributed by atoms with Gasteiger partial charge in [0.1, 0.15) is 5.69 Å². The number of hydrogen-bond acceptors (Lipinski definition) is 4. The molecule has 0 spiro atoms. The van der Waals surface area contributed by atoms with E-state index in [4.69, 9.17) is 5.11 Å². The van der Waals surface area contributed by atoms with Crippen molar-refractivity contribution in [1.29, 1.82) is 0 Å². The van der Waals surface area contributed by atoms with E-state index in [-0.39, 0.29) is 17.0 Å². The number of imidazole rings is 1. The molecule has 6 nitrogen and oxygen atoms in total. The summed E-state index contributed by atoms with van der Waals surface area (Å²) < 4.78 is 1.44. The minimum absolute atomic E-state index is 0.166. The molecule has 0 aliphatic heterocycles. The van der Waals surface area contributed by atoms with Crippen molar-refractivity contribution in [1.82, 2.24) is 14.4 Å². The van der Waals surface area contributed by atoms with E-state index in [0.29, 0.717) is 6.29 Å². The third-order valence-electron chi connectivity index (χ3n) is 1.72. The fourth-order valence-electron chi connectivity index (χ4n) is 1.15. The topological polar surface area (TPSA) is 84.6 Å². The van der Waals surface area contributed by atoms with Crippen molar-refractivity contribution >= 4 is 17.9 Å². The molecule has 0 saturated carbocycles. The molecule has 2 heterocycles. The SMILES string of the molecule is O=Cc1cn2ccnc(C(=O)O)c2n1. The molecule has 0 aliphatic rings. The van der Waals surface area contributed by atoms with Crippen LogP contribution >= 0.6 is 0 Å². The lowest BCUT2D eigenvalue weighted by Crippen LogP contribution is -2.03. The summed E-state index contributed by atoms with van der Waals surface area (Å²) in [5.74, 6) is -1.17. The molecule has 0 unspecified atom stereocenters. The summed E-state index contributed by atoms with van der Waals surface area (Å²) in [5, 5.41) is 8.76. The Morgan fingerprint density at radius 1 is 1.57 bits per heavy atom. The molecule has 2 aromatic rings. The monoisotopic (exact) mass is 191 g/mol. The summed E-state index contributed by atoms with van der Waals surface area (Å²) >= 11 is 0. The second-order valence-electron chi connectivity index (χ2n) is 2.60. The van der Waals surface area contributed by atoms with Crippen molar-refractivity contribution in [2.24, 2.45) is 0 Å². The molecule has 2 rings (SSSR count). The summed E-state index contributed by atoms with van der Waals surface area (Å²) in [5.41, 5.74) is 0.184. The average molecular weight is 191 g/mol. The van der Waals surface area contributed by atoms with Crippen LogP contribution in [0.4, 0.5) is 0 Å². The smallest absolute Gasteiger partial charge is 0.358 e. The van der Waals surface area contributed by atoms with E-state index in [1.54, 1.807) is 0 Å². The number of aromatic nitrogens is 3. The number of aromatic carboxylic acids is 1. The van der Waals surface area contributed by atoms with Gasteiger partial charge in [0.05, 0.1) is 0 Å². The third kappa shape index (κ3) is 1.13. The zero-order chi connectivity index (χ0) is 10.1. The maximum atomic E-state index is 10.7. The molecule has 0 aliphatic carbocycles. The van der Waals surface area contributed by atoms with Crippen molar-refractivity contribution in [2.45, 2.75) is 0 Å². The van der Waals surface area contributed by atoms with Crippen LogP contribution in [0.3, 0.4) is 0 Å². The van der Waals surface area contributed by atoms with Gasteiger partial charge in [0, 0.05) is 18.6 Å². The van der Waals surface area contributed by atoms with Crippen LogP contribution in [0.15, 0.2) is 18.6 Å². The van der Waals surface area contributed by atoms with E-state index >= 15 is 0 Å². The van der Waals surface area contributed by atoms with E-state index in [1.165, 1.54) is 23.0 Å². The molecule has 0 bridgehead atoms. The minimum Gasteiger partial charge on any atom is -0.476 e. The van der Waals surface area contributed by atoms with E-state index in [9.17, 15) is 9.59 Å². The standard InChI is InChI=1S/C8H5N3O3/c12-4-5-3-11-2-1-9-6(8(13)14)7(11)10-5/h1-4H,(H,13,14). The Kier molecular flexibility index (Phi) is 1.74. The Morgan fingerprint density at radius 3 is 3.00 bits per heavy atom. The maximum Gasteiger partial charge on any atom is 0.358 e. The second-order valence-corrected chi connectivity index (χ2v) is 2.60. The van der Waals surface area contributed by atoms with Crippen molar-refractivity contribution < 1.29 is 14.7 Å². The zero-order valence-corrected chi connectivity index (χ0v) is 6.91. The van der Waals surface area contributed by atoms with E-state index in [0.717, 1.165) is 0 Å². The number of rotatable bonds is 2. The molecule has 6 heteroatoms. The van der Waals surface area contributed by atoms with Gasteiger partial charge in [-0.25, -0.2) is 14.8 Å². The summed E-state index contributed by atoms with van der Waals surface area (Å²) in [6.45, 7) is 0. The van der Waals surface area contributed by atoms with Gasteiger partial charge in [-0.15, -0.1) is 0 Å². The lowest BCUT2D eigenvalue weighted by molar-refractivity contribution is 0.0692. The molecule has 0 aromatic carbocycles. The number of carboxylic acids is 1. The molecular weight excluding hydrogens is 186 g/mol. The van der Waals surface area contributed by atoms with Crippen LogP contribution in [-0.4, -0.2) is 31.7 Å². The van der Waals surface area contributed by atoms with Gasteiger partial charge in [0.25, 0.3) is 0 Å². The Labute approximate surface area is 77.8 Å². The summed E-state index contributed by atoms with van der Waals surface area (Å²) in [7, 11) is 0. The van der Waals surface area contributed by atoms with Gasteiger partial charge in [-0.1, -0.05) is 0 Å². The van der Waals surface area contributed by atoms with Crippen molar-refractivity contribution in [3.63, 3.8) is 0 Å². The molecular formula is C8H5N3O3. The Morgan fingerprint density at radius 2 is 2.36 bits per heavy atom. The van der Waals surface area contributed by atoms with Crippen LogP contribution in [0.5, 0.6) is 0 Å². The van der Waals surface area contributed by atoms with Crippen LogP contribution in [0.1, 0.15) is 21.0 Å². The number of nitrogens with zero attached hydrogens (tertiary/aromatic N) is 3. The molecule has 70 valence electrons. The Balaban J connectivity index is 2.79. The Hall–Kier alpha value is -2.24. The normalized spacial score (nSPS) is 10.3. The predicted molar refractivity (Wildman–Crippen MR) is 45.3 cm³/mol. The van der Waals surface area contributed by atoms with Gasteiger partial charge < -0.3 is 9.51 Å². The van der Waals surface area contributed by atoms with E-state index < -0.39 is 5.97 Å². The molecule has 14 heavy (non-hydrogen) atoms. The predicted octanol–water partition coefficient (Wildman–Crippen LogP) is 0.240. The first kappa shape index (κ1) is 8.36. The highest BCUT2D eigenvalue weighted by Crippen LogP contribution is 2.07. The molecule has 1 N–H and O–H groups in total. The Bertz CT molecular complexity index is 518. The molecule has 0 amide bonds. The summed E-state index contributed by atoms with van der Waals surface area (Å²) in [6, 6.07) is 0. The van der Waals surface area contributed by atoms with Crippen LogP contribution in [0.25, 0.3) is 5.65 Å². The van der Waals surface area contributed by atoms with E-state index in [2.05, 4.69) is 9.97 Å². The van der Waals surface area contributed by atoms with Crippen LogP contribution in [0.2, 0.25) is 0 Å². The van der Waals surface area contributed by atoms with E-state index in [1.807, 2.05) is 0 Å². The fourth-order valence-corrected chi connectivity index (χ4v) is 1.15. The lowest BCUT2D eigenvalue weighted by Gasteiger charge is -1.94. The number of carbonyl (C=O) groups excluding carboxylic acids is 1. The first-order chi connectivity index (χ1) is 6.72. The first-order valence-electron chi connectivity index (χ1n) is 3.74. The van der Waals surface area contributed by atoms with Gasteiger partial charge in [0.15, 0.2) is 17.6 Å². The van der Waals surface area contributed by atoms with Gasteiger partial charge in [0.2, 0.25) is 0 Å². The number of carboxylic acid groups (broad SMARTS) is 1. The number of fused-ring (bicyclic) bond motifs is 1. The first-order valence-corrected chi connectivity index (χ1v) is 3.74. The van der Waals surface area contributed by atoms with Crippen LogP contribution in [-0.2, 0) is 0 Å². The largest absolute Gasteiger partial charge is 0.476 e. The van der Waals surface area contributed by atoms with Crippen molar-refractivity contribution in [3.8, 4) is 0 Å². The minimum atomic E-state index is -1.17. The molecule has 0 fully saturated rings. The molecule has 0 radical (unpaired) electrons. The van der Waals surface area contributed by atoms with Gasteiger partial charge in [-0.3, -0.25) is 4.79 Å². The van der Waals surface area contributed by atoms with Crippen molar-refractivity contribution in [3.05, 3.63) is 30.0 Å². The highest BCUT2D eigenvalue weighted by atomic mass is 16.4. The fraction of sp³-hybridized carbons (Fsp3) is 0. The number of carbonyl (C=O) groups is 2. The lowest BCUT2D eigenvalue weighted by atomic mass is 10.4. The van der Waals surface area contributed by atoms with Gasteiger partial charge >= 0.3 is 5.97 Å². The highest BCUT2D eigenvalue weighted by molar-refractivity contribution is 5.92.